The van der Waals surface area contributed by atoms with Crippen LogP contribution in [0.25, 0.3) is 0 Å². The van der Waals surface area contributed by atoms with Gasteiger partial charge in [0.1, 0.15) is 0 Å². The molecular formula is C22H44IN3O3. The number of rotatable bonds is 13. The Bertz CT molecular complexity index is 414. The summed E-state index contributed by atoms with van der Waals surface area (Å²) in [6, 6.07) is 0. The summed E-state index contributed by atoms with van der Waals surface area (Å²) in [4.78, 5) is 4.69. The zero-order chi connectivity index (χ0) is 19.9. The maximum absolute atomic E-state index is 6.02. The van der Waals surface area contributed by atoms with Gasteiger partial charge in [-0.1, -0.05) is 12.8 Å². The fraction of sp³-hybridized carbons (Fsp3) is 0.955. The first-order valence-electron chi connectivity index (χ1n) is 11.6. The van der Waals surface area contributed by atoms with Crippen LogP contribution in [-0.4, -0.2) is 64.7 Å². The van der Waals surface area contributed by atoms with Crippen molar-refractivity contribution in [2.24, 2.45) is 16.8 Å². The van der Waals surface area contributed by atoms with Gasteiger partial charge >= 0.3 is 0 Å². The Balaban J connectivity index is 0.00000420. The molecule has 6 nitrogen and oxygen atoms in total. The van der Waals surface area contributed by atoms with Crippen molar-refractivity contribution in [3.8, 4) is 0 Å². The second-order valence-electron chi connectivity index (χ2n) is 8.00. The number of nitrogens with one attached hydrogen (secondary N) is 2. The summed E-state index contributed by atoms with van der Waals surface area (Å²) in [6.07, 6.45) is 10.1. The van der Waals surface area contributed by atoms with Gasteiger partial charge in [-0.25, -0.2) is 0 Å². The van der Waals surface area contributed by atoms with E-state index in [2.05, 4.69) is 24.5 Å². The van der Waals surface area contributed by atoms with Gasteiger partial charge in [0, 0.05) is 52.7 Å². The number of aliphatic imine (C=N–C) groups is 1. The zero-order valence-electron chi connectivity index (χ0n) is 18.6. The lowest BCUT2D eigenvalue weighted by molar-refractivity contribution is 0.0169. The molecule has 1 unspecified atom stereocenters. The smallest absolute Gasteiger partial charge is 0.191 e. The van der Waals surface area contributed by atoms with Crippen molar-refractivity contribution in [1.29, 1.82) is 0 Å². The van der Waals surface area contributed by atoms with Gasteiger partial charge < -0.3 is 24.8 Å². The van der Waals surface area contributed by atoms with Gasteiger partial charge in [-0.05, 0) is 64.2 Å². The predicted octanol–water partition coefficient (Wildman–Crippen LogP) is 3.98. The predicted molar refractivity (Wildman–Crippen MR) is 130 cm³/mol. The highest BCUT2D eigenvalue weighted by Gasteiger charge is 2.25. The van der Waals surface area contributed by atoms with Crippen molar-refractivity contribution in [2.75, 3.05) is 52.7 Å². The highest BCUT2D eigenvalue weighted by molar-refractivity contribution is 14.0. The van der Waals surface area contributed by atoms with Gasteiger partial charge in [-0.3, -0.25) is 4.99 Å². The van der Waals surface area contributed by atoms with Gasteiger partial charge in [-0.2, -0.15) is 0 Å². The number of nitrogens with zero attached hydrogens (tertiary/aromatic N) is 1. The van der Waals surface area contributed by atoms with Crippen LogP contribution in [0.2, 0.25) is 0 Å². The van der Waals surface area contributed by atoms with E-state index in [0.717, 1.165) is 90.2 Å². The molecule has 0 aromatic rings. The second-order valence-corrected chi connectivity index (χ2v) is 8.00. The minimum absolute atomic E-state index is 0. The van der Waals surface area contributed by atoms with Gasteiger partial charge in [0.25, 0.3) is 0 Å². The molecule has 0 radical (unpaired) electrons. The first-order valence-corrected chi connectivity index (χ1v) is 11.6. The van der Waals surface area contributed by atoms with Crippen molar-refractivity contribution in [1.82, 2.24) is 10.6 Å². The van der Waals surface area contributed by atoms with Gasteiger partial charge in [0.2, 0.25) is 0 Å². The Morgan fingerprint density at radius 1 is 1.10 bits per heavy atom. The van der Waals surface area contributed by atoms with Crippen molar-refractivity contribution >= 4 is 29.9 Å². The fourth-order valence-corrected chi connectivity index (χ4v) is 4.19. The topological polar surface area (TPSA) is 64.1 Å². The summed E-state index contributed by atoms with van der Waals surface area (Å²) in [7, 11) is 0. The van der Waals surface area contributed by atoms with E-state index in [4.69, 9.17) is 19.2 Å². The molecule has 172 valence electrons. The Morgan fingerprint density at radius 2 is 1.86 bits per heavy atom. The fourth-order valence-electron chi connectivity index (χ4n) is 4.19. The molecule has 1 atom stereocenters. The highest BCUT2D eigenvalue weighted by atomic mass is 127. The number of ether oxygens (including phenoxy) is 3. The average molecular weight is 526 g/mol. The third-order valence-electron chi connectivity index (χ3n) is 5.78. The van der Waals surface area contributed by atoms with E-state index < -0.39 is 0 Å². The average Bonchev–Trinajstić information content (AvgIpc) is 3.25. The Kier molecular flexibility index (Phi) is 16.3. The van der Waals surface area contributed by atoms with Crippen LogP contribution in [0.4, 0.5) is 0 Å². The minimum Gasteiger partial charge on any atom is -0.381 e. The molecule has 1 aliphatic heterocycles. The quantitative estimate of drug-likeness (QED) is 0.165. The van der Waals surface area contributed by atoms with Crippen molar-refractivity contribution in [2.45, 2.75) is 71.3 Å². The lowest BCUT2D eigenvalue weighted by atomic mass is 9.98. The summed E-state index contributed by atoms with van der Waals surface area (Å²) in [6.45, 7) is 11.0. The summed E-state index contributed by atoms with van der Waals surface area (Å²) in [5, 5.41) is 6.82. The Morgan fingerprint density at radius 3 is 2.55 bits per heavy atom. The van der Waals surface area contributed by atoms with E-state index >= 15 is 0 Å². The highest BCUT2D eigenvalue weighted by Crippen LogP contribution is 2.30. The minimum atomic E-state index is 0. The number of guanidine groups is 1. The normalized spacial score (nSPS) is 19.7. The maximum Gasteiger partial charge on any atom is 0.191 e. The van der Waals surface area contributed by atoms with Crippen LogP contribution >= 0.6 is 24.0 Å². The molecule has 0 aromatic heterocycles. The van der Waals surface area contributed by atoms with Crippen LogP contribution in [0.15, 0.2) is 4.99 Å². The van der Waals surface area contributed by atoms with Gasteiger partial charge in [-0.15, -0.1) is 24.0 Å². The molecule has 0 amide bonds. The van der Waals surface area contributed by atoms with E-state index in [1.807, 2.05) is 0 Å². The van der Waals surface area contributed by atoms with Crippen molar-refractivity contribution in [3.05, 3.63) is 0 Å². The lowest BCUT2D eigenvalue weighted by Gasteiger charge is -2.24. The molecule has 2 aliphatic rings. The van der Waals surface area contributed by atoms with Gasteiger partial charge in [0.05, 0.1) is 6.10 Å². The molecule has 0 aromatic carbocycles. The standard InChI is InChI=1S/C22H43N3O3.HI/c1-3-23-22(24-13-7-15-27-18-19-11-16-26-17-12-19)25-14-10-21(28-4-2)20-8-5-6-9-20;/h19-21H,3-18H2,1-2H3,(H2,23,24,25);1H. The molecular weight excluding hydrogens is 481 g/mol. The van der Waals surface area contributed by atoms with Crippen molar-refractivity contribution < 1.29 is 14.2 Å². The summed E-state index contributed by atoms with van der Waals surface area (Å²) in [5.41, 5.74) is 0. The molecule has 0 spiro atoms. The van der Waals surface area contributed by atoms with E-state index in [1.54, 1.807) is 0 Å². The third-order valence-corrected chi connectivity index (χ3v) is 5.78. The number of hydrogen-bond donors (Lipinski definition) is 2. The number of halogens is 1. The molecule has 2 N–H and O–H groups in total. The molecule has 7 heteroatoms. The van der Waals surface area contributed by atoms with Crippen LogP contribution in [0.1, 0.15) is 65.2 Å². The molecule has 29 heavy (non-hydrogen) atoms. The zero-order valence-corrected chi connectivity index (χ0v) is 21.0. The largest absolute Gasteiger partial charge is 0.381 e. The van der Waals surface area contributed by atoms with Crippen LogP contribution in [-0.2, 0) is 14.2 Å². The van der Waals surface area contributed by atoms with Crippen LogP contribution in [0, 0.1) is 11.8 Å². The van der Waals surface area contributed by atoms with Crippen LogP contribution < -0.4 is 10.6 Å². The molecule has 1 aliphatic carbocycles. The van der Waals surface area contributed by atoms with Crippen LogP contribution in [0.5, 0.6) is 0 Å². The molecule has 2 rings (SSSR count). The summed E-state index contributed by atoms with van der Waals surface area (Å²) < 4.78 is 17.2. The summed E-state index contributed by atoms with van der Waals surface area (Å²) in [5.74, 6) is 2.33. The Labute approximate surface area is 195 Å². The SMILES string of the molecule is CCNC(=NCCCOCC1CCOCC1)NCCC(OCC)C1CCCC1.I. The molecule has 2 fully saturated rings. The van der Waals surface area contributed by atoms with E-state index in [-0.39, 0.29) is 24.0 Å². The maximum atomic E-state index is 6.02. The summed E-state index contributed by atoms with van der Waals surface area (Å²) >= 11 is 0. The molecule has 1 heterocycles. The first kappa shape index (κ1) is 26.9. The number of hydrogen-bond acceptors (Lipinski definition) is 4. The molecule has 1 saturated heterocycles. The second kappa shape index (κ2) is 17.5. The lowest BCUT2D eigenvalue weighted by Crippen LogP contribution is -2.39. The third kappa shape index (κ3) is 11.7. The van der Waals surface area contributed by atoms with E-state index in [0.29, 0.717) is 12.0 Å². The van der Waals surface area contributed by atoms with E-state index in [9.17, 15) is 0 Å². The Hall–Kier alpha value is -0.120. The van der Waals surface area contributed by atoms with Crippen LogP contribution in [0.3, 0.4) is 0 Å². The van der Waals surface area contributed by atoms with Gasteiger partial charge in [0.15, 0.2) is 5.96 Å². The molecule has 1 saturated carbocycles. The van der Waals surface area contributed by atoms with Crippen molar-refractivity contribution in [3.63, 3.8) is 0 Å². The monoisotopic (exact) mass is 525 g/mol. The van der Waals surface area contributed by atoms with E-state index in [1.165, 1.54) is 25.7 Å². The first-order chi connectivity index (χ1) is 13.8. The molecule has 0 bridgehead atoms.